The zero-order valence-corrected chi connectivity index (χ0v) is 11.4. The normalized spacial score (nSPS) is 23.3. The minimum Gasteiger partial charge on any atom is -0.395 e. The number of nitrogens with two attached hydrogens (primary N) is 1. The molecular formula is C15H22F2N2. The lowest BCUT2D eigenvalue weighted by Crippen LogP contribution is -2.17. The largest absolute Gasteiger partial charge is 0.395 e. The van der Waals surface area contributed by atoms with Gasteiger partial charge in [-0.05, 0) is 30.7 Å². The Morgan fingerprint density at radius 1 is 1.32 bits per heavy atom. The molecule has 0 aromatic heterocycles. The number of hydrogen-bond donors (Lipinski definition) is 2. The predicted octanol–water partition coefficient (Wildman–Crippen LogP) is 4.18. The molecule has 1 aliphatic rings. The summed E-state index contributed by atoms with van der Waals surface area (Å²) in [6.45, 7) is 3.00. The van der Waals surface area contributed by atoms with Crippen molar-refractivity contribution < 1.29 is 8.78 Å². The van der Waals surface area contributed by atoms with Crippen molar-refractivity contribution in [1.29, 1.82) is 0 Å². The molecule has 0 spiro atoms. The van der Waals surface area contributed by atoms with Gasteiger partial charge in [0.05, 0.1) is 11.4 Å². The molecule has 0 radical (unpaired) electrons. The van der Waals surface area contributed by atoms with Crippen molar-refractivity contribution in [3.8, 4) is 0 Å². The molecule has 1 aromatic carbocycles. The summed E-state index contributed by atoms with van der Waals surface area (Å²) in [5.74, 6) is 0.223. The van der Waals surface area contributed by atoms with E-state index in [0.29, 0.717) is 12.2 Å². The summed E-state index contributed by atoms with van der Waals surface area (Å²) in [5.41, 5.74) is 5.95. The van der Waals surface area contributed by atoms with E-state index in [1.165, 1.54) is 31.7 Å². The lowest BCUT2D eigenvalue weighted by molar-refractivity contribution is 0.274. The van der Waals surface area contributed by atoms with E-state index in [0.717, 1.165) is 24.3 Å². The first kappa shape index (κ1) is 14.1. The van der Waals surface area contributed by atoms with Crippen molar-refractivity contribution in [1.82, 2.24) is 0 Å². The maximum atomic E-state index is 13.3. The van der Waals surface area contributed by atoms with E-state index in [4.69, 9.17) is 5.73 Å². The van der Waals surface area contributed by atoms with Crippen LogP contribution < -0.4 is 11.1 Å². The fourth-order valence-electron chi connectivity index (χ4n) is 2.96. The van der Waals surface area contributed by atoms with Crippen LogP contribution in [0.3, 0.4) is 0 Å². The molecule has 0 aliphatic heterocycles. The van der Waals surface area contributed by atoms with Gasteiger partial charge in [-0.3, -0.25) is 0 Å². The highest BCUT2D eigenvalue weighted by molar-refractivity contribution is 5.66. The Bertz CT molecular complexity index is 434. The van der Waals surface area contributed by atoms with Crippen LogP contribution in [0.15, 0.2) is 12.1 Å². The van der Waals surface area contributed by atoms with Gasteiger partial charge in [0.2, 0.25) is 0 Å². The van der Waals surface area contributed by atoms with E-state index in [9.17, 15) is 8.78 Å². The molecule has 1 aliphatic carbocycles. The topological polar surface area (TPSA) is 38.0 Å². The van der Waals surface area contributed by atoms with Crippen LogP contribution in [0.25, 0.3) is 0 Å². The van der Waals surface area contributed by atoms with Gasteiger partial charge in [-0.15, -0.1) is 0 Å². The van der Waals surface area contributed by atoms with Crippen LogP contribution in [0.4, 0.5) is 20.2 Å². The second-order valence-corrected chi connectivity index (χ2v) is 5.70. The molecule has 3 N–H and O–H groups in total. The van der Waals surface area contributed by atoms with Gasteiger partial charge in [0.25, 0.3) is 0 Å². The van der Waals surface area contributed by atoms with Gasteiger partial charge in [0, 0.05) is 12.6 Å². The second-order valence-electron chi connectivity index (χ2n) is 5.70. The number of hydrogen-bond acceptors (Lipinski definition) is 2. The van der Waals surface area contributed by atoms with Gasteiger partial charge in [-0.2, -0.15) is 0 Å². The van der Waals surface area contributed by atoms with Crippen molar-refractivity contribution >= 4 is 11.4 Å². The summed E-state index contributed by atoms with van der Waals surface area (Å²) in [7, 11) is 0. The van der Waals surface area contributed by atoms with Crippen LogP contribution in [0.5, 0.6) is 0 Å². The smallest absolute Gasteiger partial charge is 0.151 e. The summed E-state index contributed by atoms with van der Waals surface area (Å²) in [6, 6.07) is 2.06. The summed E-state index contributed by atoms with van der Waals surface area (Å²) >= 11 is 0. The third-order valence-corrected chi connectivity index (χ3v) is 4.01. The minimum atomic E-state index is -0.700. The maximum Gasteiger partial charge on any atom is 0.151 e. The molecule has 2 rings (SSSR count). The molecule has 1 saturated carbocycles. The molecule has 2 unspecified atom stereocenters. The molecule has 0 saturated heterocycles. The molecule has 106 valence electrons. The van der Waals surface area contributed by atoms with E-state index in [1.54, 1.807) is 0 Å². The lowest BCUT2D eigenvalue weighted by Gasteiger charge is -2.26. The first-order valence-electron chi connectivity index (χ1n) is 7.04. The zero-order valence-electron chi connectivity index (χ0n) is 11.4. The van der Waals surface area contributed by atoms with Gasteiger partial charge in [0.15, 0.2) is 5.82 Å². The molecule has 2 atom stereocenters. The molecule has 0 bridgehead atoms. The van der Waals surface area contributed by atoms with E-state index < -0.39 is 11.6 Å². The zero-order chi connectivity index (χ0) is 13.8. The van der Waals surface area contributed by atoms with Crippen molar-refractivity contribution in [3.05, 3.63) is 23.8 Å². The Balaban J connectivity index is 1.85. The van der Waals surface area contributed by atoms with Crippen molar-refractivity contribution in [2.45, 2.75) is 39.0 Å². The third kappa shape index (κ3) is 3.82. The summed E-state index contributed by atoms with van der Waals surface area (Å²) in [6.07, 6.45) is 6.17. The SMILES string of the molecule is CC1CCCC(CCNc2cc(F)cc(F)c2N)C1. The number of nitrogens with one attached hydrogen (secondary N) is 1. The predicted molar refractivity (Wildman–Crippen MR) is 75.0 cm³/mol. The van der Waals surface area contributed by atoms with Crippen LogP contribution in [-0.4, -0.2) is 6.54 Å². The van der Waals surface area contributed by atoms with Gasteiger partial charge in [0.1, 0.15) is 5.82 Å². The summed E-state index contributed by atoms with van der Waals surface area (Å²) in [5, 5.41) is 3.05. The van der Waals surface area contributed by atoms with Crippen molar-refractivity contribution in [2.24, 2.45) is 11.8 Å². The quantitative estimate of drug-likeness (QED) is 0.804. The molecule has 2 nitrogen and oxygen atoms in total. The van der Waals surface area contributed by atoms with Crippen LogP contribution in [0, 0.1) is 23.5 Å². The Morgan fingerprint density at radius 2 is 2.11 bits per heavy atom. The first-order chi connectivity index (χ1) is 9.06. The maximum absolute atomic E-state index is 13.3. The highest BCUT2D eigenvalue weighted by Gasteiger charge is 2.18. The van der Waals surface area contributed by atoms with Gasteiger partial charge in [-0.25, -0.2) is 8.78 Å². The molecule has 0 amide bonds. The molecule has 19 heavy (non-hydrogen) atoms. The van der Waals surface area contributed by atoms with Gasteiger partial charge >= 0.3 is 0 Å². The molecule has 0 heterocycles. The fraction of sp³-hybridized carbons (Fsp3) is 0.600. The van der Waals surface area contributed by atoms with Crippen LogP contribution >= 0.6 is 0 Å². The Kier molecular flexibility index (Phi) is 4.61. The van der Waals surface area contributed by atoms with Crippen molar-refractivity contribution in [3.63, 3.8) is 0 Å². The van der Waals surface area contributed by atoms with E-state index >= 15 is 0 Å². The van der Waals surface area contributed by atoms with Crippen LogP contribution in [0.2, 0.25) is 0 Å². The summed E-state index contributed by atoms with van der Waals surface area (Å²) < 4.78 is 26.4. The highest BCUT2D eigenvalue weighted by Crippen LogP contribution is 2.31. The number of benzene rings is 1. The number of anilines is 2. The van der Waals surface area contributed by atoms with Crippen LogP contribution in [-0.2, 0) is 0 Å². The summed E-state index contributed by atoms with van der Waals surface area (Å²) in [4.78, 5) is 0. The molecular weight excluding hydrogens is 246 g/mol. The first-order valence-corrected chi connectivity index (χ1v) is 7.04. The third-order valence-electron chi connectivity index (χ3n) is 4.01. The van der Waals surface area contributed by atoms with Gasteiger partial charge < -0.3 is 11.1 Å². The fourth-order valence-corrected chi connectivity index (χ4v) is 2.96. The Morgan fingerprint density at radius 3 is 2.84 bits per heavy atom. The van der Waals surface area contributed by atoms with E-state index in [-0.39, 0.29) is 5.69 Å². The number of halogens is 2. The average Bonchev–Trinajstić information content (AvgIpc) is 2.35. The molecule has 4 heteroatoms. The monoisotopic (exact) mass is 268 g/mol. The number of rotatable bonds is 4. The van der Waals surface area contributed by atoms with Gasteiger partial charge in [-0.1, -0.05) is 26.2 Å². The molecule has 1 fully saturated rings. The Hall–Kier alpha value is -1.32. The average molecular weight is 268 g/mol. The van der Waals surface area contributed by atoms with Crippen LogP contribution in [0.1, 0.15) is 39.0 Å². The lowest BCUT2D eigenvalue weighted by atomic mass is 9.81. The van der Waals surface area contributed by atoms with E-state index in [1.807, 2.05) is 0 Å². The highest BCUT2D eigenvalue weighted by atomic mass is 19.1. The molecule has 1 aromatic rings. The second kappa shape index (κ2) is 6.22. The van der Waals surface area contributed by atoms with Crippen molar-refractivity contribution in [2.75, 3.05) is 17.6 Å². The Labute approximate surface area is 113 Å². The van der Waals surface area contributed by atoms with E-state index in [2.05, 4.69) is 12.2 Å². The minimum absolute atomic E-state index is 0.00147. The standard InChI is InChI=1S/C15H22F2N2/c1-10-3-2-4-11(7-10)5-6-19-14-9-12(16)8-13(17)15(14)18/h8-11,19H,2-7,18H2,1H3. The number of nitrogen functional groups attached to an aromatic ring is 1.